The van der Waals surface area contributed by atoms with Crippen molar-refractivity contribution in [2.45, 2.75) is 12.3 Å². The average Bonchev–Trinajstić information content (AvgIpc) is 2.65. The van der Waals surface area contributed by atoms with Crippen molar-refractivity contribution in [1.82, 2.24) is 0 Å². The second-order valence-electron chi connectivity index (χ2n) is 5.38. The first-order valence-electron chi connectivity index (χ1n) is 7.77. The van der Waals surface area contributed by atoms with Crippen LogP contribution in [0, 0.1) is 0 Å². The average molecular weight is 340 g/mol. The van der Waals surface area contributed by atoms with Crippen molar-refractivity contribution in [3.63, 3.8) is 0 Å². The molecule has 0 spiro atoms. The van der Waals surface area contributed by atoms with Gasteiger partial charge in [0.1, 0.15) is 5.75 Å². The van der Waals surface area contributed by atoms with Crippen molar-refractivity contribution in [2.75, 3.05) is 14.2 Å². The minimum atomic E-state index is -0.981. The summed E-state index contributed by atoms with van der Waals surface area (Å²) in [5.74, 6) is -0.913. The van der Waals surface area contributed by atoms with E-state index in [-0.39, 0.29) is 11.5 Å². The monoisotopic (exact) mass is 340 g/mol. The van der Waals surface area contributed by atoms with Crippen LogP contribution in [-0.2, 0) is 9.53 Å². The van der Waals surface area contributed by atoms with Gasteiger partial charge in [0.25, 0.3) is 0 Å². The molecule has 0 amide bonds. The van der Waals surface area contributed by atoms with Gasteiger partial charge in [-0.15, -0.1) is 0 Å². The molecule has 0 bridgehead atoms. The van der Waals surface area contributed by atoms with Gasteiger partial charge in [-0.1, -0.05) is 36.4 Å². The maximum atomic E-state index is 11.6. The van der Waals surface area contributed by atoms with Gasteiger partial charge < -0.3 is 14.6 Å². The van der Waals surface area contributed by atoms with Gasteiger partial charge in [-0.3, -0.25) is 0 Å². The highest BCUT2D eigenvalue weighted by Crippen LogP contribution is 2.32. The van der Waals surface area contributed by atoms with Crippen LogP contribution in [0.25, 0.3) is 0 Å². The highest BCUT2D eigenvalue weighted by Gasteiger charge is 2.19. The van der Waals surface area contributed by atoms with E-state index in [1.807, 2.05) is 30.3 Å². The van der Waals surface area contributed by atoms with E-state index < -0.39 is 11.9 Å². The number of carboxylic acids is 1. The minimum Gasteiger partial charge on any atom is -0.497 e. The Kier molecular flexibility index (Phi) is 6.34. The number of carbonyl (C=O) groups is 2. The van der Waals surface area contributed by atoms with Crippen molar-refractivity contribution in [1.29, 1.82) is 0 Å². The van der Waals surface area contributed by atoms with Gasteiger partial charge in [-0.25, -0.2) is 9.59 Å². The van der Waals surface area contributed by atoms with Crippen LogP contribution in [0.1, 0.15) is 33.8 Å². The lowest BCUT2D eigenvalue weighted by Crippen LogP contribution is -2.08. The Morgan fingerprint density at radius 2 is 1.76 bits per heavy atom. The van der Waals surface area contributed by atoms with Gasteiger partial charge in [0.05, 0.1) is 19.8 Å². The lowest BCUT2D eigenvalue weighted by Gasteiger charge is -2.19. The Morgan fingerprint density at radius 3 is 2.36 bits per heavy atom. The zero-order valence-electron chi connectivity index (χ0n) is 14.1. The highest BCUT2D eigenvalue weighted by atomic mass is 16.5. The quantitative estimate of drug-likeness (QED) is 0.615. The van der Waals surface area contributed by atoms with Crippen molar-refractivity contribution in [3.05, 3.63) is 77.4 Å². The zero-order chi connectivity index (χ0) is 18.2. The Hall–Kier alpha value is -3.08. The van der Waals surface area contributed by atoms with Crippen molar-refractivity contribution in [2.24, 2.45) is 0 Å². The molecule has 0 aliphatic carbocycles. The smallest absolute Gasteiger partial charge is 0.335 e. The largest absolute Gasteiger partial charge is 0.497 e. The van der Waals surface area contributed by atoms with Crippen LogP contribution in [0.5, 0.6) is 5.75 Å². The first kappa shape index (κ1) is 18.3. The molecule has 2 rings (SSSR count). The molecular weight excluding hydrogens is 320 g/mol. The van der Waals surface area contributed by atoms with E-state index in [0.29, 0.717) is 12.0 Å². The van der Waals surface area contributed by atoms with Crippen LogP contribution < -0.4 is 4.74 Å². The number of allylic oxidation sites excluding steroid dienone is 1. The number of aromatic carboxylic acids is 1. The zero-order valence-corrected chi connectivity index (χ0v) is 14.1. The molecule has 2 aromatic carbocycles. The third-order valence-electron chi connectivity index (χ3n) is 3.91. The molecule has 0 aliphatic rings. The molecule has 5 nitrogen and oxygen atoms in total. The van der Waals surface area contributed by atoms with Crippen LogP contribution in [-0.4, -0.2) is 31.3 Å². The minimum absolute atomic E-state index is 0.209. The van der Waals surface area contributed by atoms with Gasteiger partial charge in [0.15, 0.2) is 0 Å². The fraction of sp³-hybridized carbons (Fsp3) is 0.200. The summed E-state index contributed by atoms with van der Waals surface area (Å²) >= 11 is 0. The summed E-state index contributed by atoms with van der Waals surface area (Å²) in [6, 6.07) is 14.3. The molecule has 130 valence electrons. The summed E-state index contributed by atoms with van der Waals surface area (Å²) < 4.78 is 9.77. The molecule has 0 aliphatic heterocycles. The summed E-state index contributed by atoms with van der Waals surface area (Å²) in [6.07, 6.45) is 3.50. The van der Waals surface area contributed by atoms with Crippen LogP contribution in [0.3, 0.4) is 0 Å². The van der Waals surface area contributed by atoms with E-state index in [0.717, 1.165) is 11.3 Å². The lowest BCUT2D eigenvalue weighted by molar-refractivity contribution is -0.134. The van der Waals surface area contributed by atoms with Crippen LogP contribution in [0.15, 0.2) is 60.7 Å². The number of ether oxygens (including phenoxy) is 2. The fourth-order valence-electron chi connectivity index (χ4n) is 2.64. The molecule has 0 heterocycles. The molecule has 1 atom stereocenters. The number of rotatable bonds is 7. The second-order valence-corrected chi connectivity index (χ2v) is 5.38. The van der Waals surface area contributed by atoms with E-state index in [4.69, 9.17) is 4.74 Å². The number of carboxylic acid groups (broad SMARTS) is 1. The molecule has 0 aromatic heterocycles. The van der Waals surface area contributed by atoms with Gasteiger partial charge >= 0.3 is 11.9 Å². The number of benzene rings is 2. The number of hydrogen-bond acceptors (Lipinski definition) is 4. The highest BCUT2D eigenvalue weighted by molar-refractivity contribution is 5.89. The Labute approximate surface area is 146 Å². The van der Waals surface area contributed by atoms with Gasteiger partial charge in [-0.05, 0) is 35.7 Å². The van der Waals surface area contributed by atoms with Gasteiger partial charge in [-0.2, -0.15) is 0 Å². The van der Waals surface area contributed by atoms with Crippen molar-refractivity contribution in [3.8, 4) is 5.75 Å². The van der Waals surface area contributed by atoms with Gasteiger partial charge in [0.2, 0.25) is 0 Å². The Morgan fingerprint density at radius 1 is 1.08 bits per heavy atom. The third-order valence-corrected chi connectivity index (χ3v) is 3.91. The fourth-order valence-corrected chi connectivity index (χ4v) is 2.64. The van der Waals surface area contributed by atoms with Crippen molar-refractivity contribution >= 4 is 11.9 Å². The topological polar surface area (TPSA) is 72.8 Å². The summed E-state index contributed by atoms with van der Waals surface area (Å²) in [5, 5.41) is 9.48. The van der Waals surface area contributed by atoms with Crippen LogP contribution in [0.2, 0.25) is 0 Å². The Bertz CT molecular complexity index is 762. The molecule has 1 N–H and O–H groups in total. The number of esters is 1. The van der Waals surface area contributed by atoms with E-state index in [1.54, 1.807) is 31.4 Å². The molecular formula is C20H20O5. The molecule has 0 radical (unpaired) electrons. The molecule has 1 unspecified atom stereocenters. The number of methoxy groups -OCH3 is 2. The third kappa shape index (κ3) is 4.70. The summed E-state index contributed by atoms with van der Waals surface area (Å²) in [4.78, 5) is 22.9. The van der Waals surface area contributed by atoms with Crippen molar-refractivity contribution < 1.29 is 24.2 Å². The molecule has 0 saturated heterocycles. The predicted molar refractivity (Wildman–Crippen MR) is 94.0 cm³/mol. The van der Waals surface area contributed by atoms with E-state index >= 15 is 0 Å². The van der Waals surface area contributed by atoms with E-state index in [9.17, 15) is 14.7 Å². The second kappa shape index (κ2) is 8.68. The number of carbonyl (C=O) groups excluding carboxylic acids is 1. The van der Waals surface area contributed by atoms with Crippen LogP contribution >= 0.6 is 0 Å². The predicted octanol–water partition coefficient (Wildman–Crippen LogP) is 3.64. The first-order valence-corrected chi connectivity index (χ1v) is 7.77. The molecule has 5 heteroatoms. The molecule has 25 heavy (non-hydrogen) atoms. The van der Waals surface area contributed by atoms with E-state index in [1.165, 1.54) is 13.2 Å². The normalized spacial score (nSPS) is 11.9. The molecule has 0 fully saturated rings. The molecule has 0 saturated carbocycles. The van der Waals surface area contributed by atoms with E-state index in [2.05, 4.69) is 4.74 Å². The Balaban J connectivity index is 2.43. The summed E-state index contributed by atoms with van der Waals surface area (Å²) in [5.41, 5.74) is 1.87. The van der Waals surface area contributed by atoms with Gasteiger partial charge in [0, 0.05) is 12.0 Å². The summed E-state index contributed by atoms with van der Waals surface area (Å²) in [6.45, 7) is 0. The standard InChI is InChI=1S/C20H20O5/c1-24-15-12-10-14(11-13-15)16(8-5-9-19(21)25-2)17-6-3-4-7-18(17)20(22)23/h3-7,9-13,16H,8H2,1-2H3,(H,22,23)/b9-5+. The first-order chi connectivity index (χ1) is 12.1. The maximum absolute atomic E-state index is 11.6. The summed E-state index contributed by atoms with van der Waals surface area (Å²) in [7, 11) is 2.90. The SMILES string of the molecule is COC(=O)/C=C/CC(c1ccc(OC)cc1)c1ccccc1C(=O)O. The number of hydrogen-bond donors (Lipinski definition) is 1. The lowest BCUT2D eigenvalue weighted by atomic mass is 9.85. The maximum Gasteiger partial charge on any atom is 0.335 e. The van der Waals surface area contributed by atoms with Crippen LogP contribution in [0.4, 0.5) is 0 Å². The molecule has 2 aromatic rings.